The quantitative estimate of drug-likeness (QED) is 0.103. The summed E-state index contributed by atoms with van der Waals surface area (Å²) in [5.74, 6) is 5.42. The van der Waals surface area contributed by atoms with Crippen LogP contribution in [0.3, 0.4) is 0 Å². The van der Waals surface area contributed by atoms with Gasteiger partial charge in [-0.1, -0.05) is 322 Å². The molecule has 18 nitrogen and oxygen atoms in total. The van der Waals surface area contributed by atoms with Crippen molar-refractivity contribution in [1.82, 2.24) is 74.8 Å². The second-order valence-corrected chi connectivity index (χ2v) is 32.9. The van der Waals surface area contributed by atoms with E-state index in [1.165, 1.54) is 5.56 Å². The van der Waals surface area contributed by atoms with E-state index >= 15 is 0 Å². The third-order valence-electron chi connectivity index (χ3n) is 24.4. The molecule has 0 atom stereocenters. The third-order valence-corrected chi connectivity index (χ3v) is 24.4. The lowest BCUT2D eigenvalue weighted by molar-refractivity contribution is 0.655. The van der Waals surface area contributed by atoms with Gasteiger partial charge >= 0.3 is 0 Å². The Morgan fingerprint density at radius 2 is 0.452 bits per heavy atom. The maximum absolute atomic E-state index is 6.26. The maximum atomic E-state index is 6.26. The van der Waals surface area contributed by atoms with Crippen LogP contribution in [-0.4, -0.2) is 74.8 Å². The minimum Gasteiger partial charge on any atom is -0.456 e. The summed E-state index contributed by atoms with van der Waals surface area (Å²) in [7, 11) is 0. The molecule has 18 aromatic carbocycles. The highest BCUT2D eigenvalue weighted by Crippen LogP contribution is 2.41. The van der Waals surface area contributed by atoms with Gasteiger partial charge in [-0.05, 0) is 135 Å². The van der Waals surface area contributed by atoms with Crippen LogP contribution >= 0.6 is 0 Å². The molecule has 9 aromatic heterocycles. The van der Waals surface area contributed by atoms with Crippen LogP contribution in [0.4, 0.5) is 0 Å². The minimum absolute atomic E-state index is 0.535. The van der Waals surface area contributed by atoms with Crippen LogP contribution in [0.5, 0.6) is 0 Å². The Morgan fingerprint density at radius 3 is 0.933 bits per heavy atom. The Hall–Kier alpha value is -18.8. The molecule has 0 aliphatic heterocycles. The van der Waals surface area contributed by atoms with Gasteiger partial charge in [-0.15, -0.1) is 0 Å². The number of hydrogen-bond donors (Lipinski definition) is 0. The Bertz CT molecular complexity index is 9280. The van der Waals surface area contributed by atoms with E-state index in [1.807, 2.05) is 261 Å². The van der Waals surface area contributed by atoms with Crippen molar-refractivity contribution in [3.8, 4) is 136 Å². The summed E-state index contributed by atoms with van der Waals surface area (Å²) in [5, 5.41) is 7.21. The molecule has 27 aromatic rings. The SMILES string of the molecule is c1ccc(-c2ccc(-c3nc(-c4ccccc4)nc(-c4ccc5c(ccc6oc7nc8ccccc8nc7c65)c4)n3)cc2)cc1.c1ccc(-c2ccc(-c3nc(-c4ccccc4)nc(-c4ccc5nc6cc7c(cc6nc5c4)oc4ccccc47)n3)cc2)cc1.c1ccc(-c2ccc(-c3nc(-c4ccccc4)nc(-c4ccc5nc6ccc7c8ccccc8oc7c6nc5c4)n3)cc2)cc1. The Labute approximate surface area is 769 Å². The predicted octanol–water partition coefficient (Wildman–Crippen LogP) is 28.6. The molecule has 0 N–H and O–H groups in total. The van der Waals surface area contributed by atoms with Crippen molar-refractivity contribution in [2.75, 3.05) is 0 Å². The van der Waals surface area contributed by atoms with Crippen LogP contribution in [0.25, 0.3) is 268 Å². The lowest BCUT2D eigenvalue weighted by atomic mass is 10.0. The smallest absolute Gasteiger partial charge is 0.246 e. The molecule has 0 aliphatic carbocycles. The maximum Gasteiger partial charge on any atom is 0.246 e. The lowest BCUT2D eigenvalue weighted by Crippen LogP contribution is -2.00. The summed E-state index contributed by atoms with van der Waals surface area (Å²) in [5.41, 5.74) is 28.1. The van der Waals surface area contributed by atoms with Gasteiger partial charge in [0.1, 0.15) is 33.4 Å². The van der Waals surface area contributed by atoms with Crippen LogP contribution < -0.4 is 0 Å². The number of furan rings is 3. The number of para-hydroxylation sites is 4. The number of nitrogens with zero attached hydrogens (tertiary/aromatic N) is 15. The lowest BCUT2D eigenvalue weighted by Gasteiger charge is -2.10. The van der Waals surface area contributed by atoms with Crippen molar-refractivity contribution in [2.24, 2.45) is 0 Å². The van der Waals surface area contributed by atoms with Gasteiger partial charge in [0, 0.05) is 77.7 Å². The fraction of sp³-hybridized carbons (Fsp3) is 0. The number of benzene rings is 18. The topological polar surface area (TPSA) is 233 Å². The van der Waals surface area contributed by atoms with Crippen molar-refractivity contribution < 1.29 is 13.3 Å². The molecule has 0 aliphatic rings. The van der Waals surface area contributed by atoms with E-state index in [1.54, 1.807) is 0 Å². The van der Waals surface area contributed by atoms with E-state index in [4.69, 9.17) is 88.0 Å². The van der Waals surface area contributed by atoms with Gasteiger partial charge in [0.2, 0.25) is 5.71 Å². The normalized spacial score (nSPS) is 11.6. The predicted molar refractivity (Wildman–Crippen MR) is 538 cm³/mol. The number of aromatic nitrogens is 15. The highest BCUT2D eigenvalue weighted by Gasteiger charge is 2.23. The molecule has 0 spiro atoms. The van der Waals surface area contributed by atoms with Gasteiger partial charge in [-0.25, -0.2) is 74.8 Å². The molecular weight excluding hydrogens is 1660 g/mol. The van der Waals surface area contributed by atoms with E-state index in [0.717, 1.165) is 204 Å². The summed E-state index contributed by atoms with van der Waals surface area (Å²) >= 11 is 0. The summed E-state index contributed by atoms with van der Waals surface area (Å²) < 4.78 is 18.5. The molecule has 9 heterocycles. The molecular formula is C117H69N15O3. The first-order valence-electron chi connectivity index (χ1n) is 44.3. The first-order chi connectivity index (χ1) is 66.8. The third kappa shape index (κ3) is 15.0. The molecule has 18 heteroatoms. The summed E-state index contributed by atoms with van der Waals surface area (Å²) in [6.07, 6.45) is 0. The zero-order chi connectivity index (χ0) is 89.2. The molecule has 135 heavy (non-hydrogen) atoms. The van der Waals surface area contributed by atoms with Gasteiger partial charge in [0.15, 0.2) is 58.0 Å². The molecule has 27 rings (SSSR count). The van der Waals surface area contributed by atoms with Crippen LogP contribution in [0, 0.1) is 0 Å². The molecule has 0 saturated heterocycles. The van der Waals surface area contributed by atoms with Gasteiger partial charge in [-0.2, -0.15) is 0 Å². The average molecular weight is 1730 g/mol. The Kier molecular flexibility index (Phi) is 19.4. The fourth-order valence-corrected chi connectivity index (χ4v) is 17.6. The fourth-order valence-electron chi connectivity index (χ4n) is 17.6. The molecule has 0 bridgehead atoms. The van der Waals surface area contributed by atoms with E-state index in [2.05, 4.69) is 158 Å². The van der Waals surface area contributed by atoms with Crippen molar-refractivity contribution in [1.29, 1.82) is 0 Å². The largest absolute Gasteiger partial charge is 0.456 e. The second-order valence-electron chi connectivity index (χ2n) is 32.9. The van der Waals surface area contributed by atoms with Crippen LogP contribution in [0.1, 0.15) is 0 Å². The van der Waals surface area contributed by atoms with E-state index in [0.29, 0.717) is 58.1 Å². The number of rotatable bonds is 12. The minimum atomic E-state index is 0.535. The molecule has 0 amide bonds. The first kappa shape index (κ1) is 78.4. The van der Waals surface area contributed by atoms with E-state index in [9.17, 15) is 0 Å². The van der Waals surface area contributed by atoms with Crippen molar-refractivity contribution in [2.45, 2.75) is 0 Å². The highest BCUT2D eigenvalue weighted by atomic mass is 16.3. The van der Waals surface area contributed by atoms with Crippen LogP contribution in [0.2, 0.25) is 0 Å². The standard InChI is InChI=1S/3C39H23N5O/c1-3-9-24(10-4-1)25-15-17-27(18-16-25)37-42-36(26-11-5-2-6-12-26)43-38(44-37)29-19-21-30-28(23-29)20-22-33-34(30)35-39(45-33)41-32-14-8-7-13-31(32)40-35;1-3-9-24(10-4-1)25-15-17-27(18-16-25)38-42-37(26-11-5-2-6-12-26)43-39(44-38)28-19-21-31-33(23-28)41-35-32(40-31)22-20-30-29-13-7-8-14-34(29)45-36(30)35;1-3-9-24(10-4-1)25-15-17-27(18-16-25)38-42-37(26-11-5-2-6-12-26)43-39(44-38)28-19-20-31-32(21-28)41-34-23-36-30(22-33(34)40-31)29-13-7-8-14-35(29)45-36/h3*1-23H. The summed E-state index contributed by atoms with van der Waals surface area (Å²) in [4.78, 5) is 74.0. The van der Waals surface area contributed by atoms with E-state index in [-0.39, 0.29) is 0 Å². The summed E-state index contributed by atoms with van der Waals surface area (Å²) in [6.45, 7) is 0. The average Bonchev–Trinajstić information content (AvgIpc) is 1.63. The van der Waals surface area contributed by atoms with Crippen molar-refractivity contribution >= 4 is 132 Å². The van der Waals surface area contributed by atoms with Gasteiger partial charge in [-0.3, -0.25) is 0 Å². The Morgan fingerprint density at radius 1 is 0.141 bits per heavy atom. The van der Waals surface area contributed by atoms with E-state index < -0.39 is 0 Å². The second kappa shape index (κ2) is 33.4. The molecule has 630 valence electrons. The highest BCUT2D eigenvalue weighted by molar-refractivity contribution is 6.19. The van der Waals surface area contributed by atoms with Gasteiger partial charge in [0.25, 0.3) is 0 Å². The Balaban J connectivity index is 0.000000108. The number of hydrogen-bond acceptors (Lipinski definition) is 18. The van der Waals surface area contributed by atoms with Crippen LogP contribution in [0.15, 0.2) is 432 Å². The monoisotopic (exact) mass is 1730 g/mol. The zero-order valence-corrected chi connectivity index (χ0v) is 71.8. The molecule has 0 saturated carbocycles. The molecule has 0 unspecified atom stereocenters. The first-order valence-corrected chi connectivity index (χ1v) is 44.3. The number of fused-ring (bicyclic) bond motifs is 17. The summed E-state index contributed by atoms with van der Waals surface area (Å²) in [6, 6.07) is 140. The van der Waals surface area contributed by atoms with Gasteiger partial charge in [0.05, 0.1) is 55.0 Å². The van der Waals surface area contributed by atoms with Crippen molar-refractivity contribution in [3.05, 3.63) is 419 Å². The van der Waals surface area contributed by atoms with Crippen molar-refractivity contribution in [3.63, 3.8) is 0 Å². The van der Waals surface area contributed by atoms with Gasteiger partial charge < -0.3 is 13.3 Å². The molecule has 0 fully saturated rings. The zero-order valence-electron chi connectivity index (χ0n) is 71.8. The van der Waals surface area contributed by atoms with Crippen LogP contribution in [-0.2, 0) is 0 Å². The molecule has 0 radical (unpaired) electrons.